The van der Waals surface area contributed by atoms with Crippen molar-refractivity contribution in [2.45, 2.75) is 79.2 Å². The maximum atomic E-state index is 13.0. The van der Waals surface area contributed by atoms with Crippen LogP contribution in [0.1, 0.15) is 88.7 Å². The van der Waals surface area contributed by atoms with Gasteiger partial charge in [0.05, 0.1) is 31.0 Å². The Morgan fingerprint density at radius 3 is 2.00 bits per heavy atom. The zero-order valence-electron chi connectivity index (χ0n) is 34.4. The molecule has 1 aromatic carbocycles. The Hall–Kier alpha value is -5.66. The lowest BCUT2D eigenvalue weighted by Gasteiger charge is -2.37. The highest BCUT2D eigenvalue weighted by molar-refractivity contribution is 6.09. The maximum absolute atomic E-state index is 13.0. The number of carbonyl (C=O) groups is 6. The summed E-state index contributed by atoms with van der Waals surface area (Å²) in [5.74, 6) is -3.73. The summed E-state index contributed by atoms with van der Waals surface area (Å²) in [4.78, 5) is 93.1. The first-order valence-electron chi connectivity index (χ1n) is 18.5. The smallest absolute Gasteiger partial charge is 0.321 e. The molecule has 322 valence electrons. The lowest BCUT2D eigenvalue weighted by atomic mass is 9.68. The number of carbonyl (C=O) groups excluding carboxylic acids is 4. The molecule has 0 spiro atoms. The summed E-state index contributed by atoms with van der Waals surface area (Å²) in [6.07, 6.45) is 4.43. The topological polar surface area (TPSA) is 275 Å². The number of anilines is 2. The molecule has 0 radical (unpaired) electrons. The number of benzene rings is 1. The minimum absolute atomic E-state index is 0.0167. The van der Waals surface area contributed by atoms with Crippen LogP contribution in [-0.2, 0) is 49.5 Å². The van der Waals surface area contributed by atoms with Crippen molar-refractivity contribution in [1.29, 1.82) is 0 Å². The van der Waals surface area contributed by atoms with Gasteiger partial charge in [-0.25, -0.2) is 9.97 Å². The minimum Gasteiger partial charge on any atom is -0.481 e. The molecule has 2 heterocycles. The average Bonchev–Trinajstić information content (AvgIpc) is 3.20. The highest BCUT2D eigenvalue weighted by Crippen LogP contribution is 2.43. The van der Waals surface area contributed by atoms with Crippen LogP contribution in [0.2, 0.25) is 0 Å². The standard InChI is InChI=1S/C26H30N6O6.C6H10O4.2C3H8O.CH2O/c1-16(33)17-6-8-18(9-7-17)27-14-19-15-28-21-20(29-19)22(34)31-25(30-21)32-23(35)26(10-5-11-26)24(36)38-13-4-3-12-37-2;1-4(6(9)10)2-3-5(7)8;2*1-3-4-2;1-2/h6-9,15,27H,3-5,10-14H2,1-2H3,(H2,28,30,31,32,34,35);4H,2-3H2,1H3,(H,7,8)(H,9,10);2*3H2,1-2H3;1H2. The highest BCUT2D eigenvalue weighted by atomic mass is 16.5. The van der Waals surface area contributed by atoms with Crippen molar-refractivity contribution in [3.8, 4) is 0 Å². The normalized spacial score (nSPS) is 12.4. The van der Waals surface area contributed by atoms with Crippen molar-refractivity contribution in [2.75, 3.05) is 58.4 Å². The van der Waals surface area contributed by atoms with E-state index in [2.05, 4.69) is 40.0 Å². The number of rotatable bonds is 18. The summed E-state index contributed by atoms with van der Waals surface area (Å²) >= 11 is 0. The Morgan fingerprint density at radius 2 is 1.52 bits per heavy atom. The fraction of sp³-hybridized carbons (Fsp3) is 0.538. The van der Waals surface area contributed by atoms with Crippen molar-refractivity contribution in [3.63, 3.8) is 0 Å². The number of Topliss-reactive ketones (excluding diaryl/α,β-unsaturated/α-hetero) is 1. The third-order valence-electron chi connectivity index (χ3n) is 8.26. The summed E-state index contributed by atoms with van der Waals surface area (Å²) < 4.78 is 19.4. The van der Waals surface area contributed by atoms with E-state index in [0.717, 1.165) is 31.7 Å². The van der Waals surface area contributed by atoms with Gasteiger partial charge in [-0.2, -0.15) is 4.98 Å². The molecule has 5 N–H and O–H groups in total. The highest BCUT2D eigenvalue weighted by Gasteiger charge is 2.52. The third kappa shape index (κ3) is 19.0. The van der Waals surface area contributed by atoms with Gasteiger partial charge in [0.2, 0.25) is 11.9 Å². The van der Waals surface area contributed by atoms with Crippen LogP contribution in [0.5, 0.6) is 0 Å². The van der Waals surface area contributed by atoms with Crippen molar-refractivity contribution < 1.29 is 57.9 Å². The molecule has 3 aromatic rings. The van der Waals surface area contributed by atoms with Crippen LogP contribution in [0.4, 0.5) is 11.6 Å². The Morgan fingerprint density at radius 1 is 0.931 bits per heavy atom. The van der Waals surface area contributed by atoms with Crippen molar-refractivity contribution in [1.82, 2.24) is 19.9 Å². The number of aromatic amines is 1. The van der Waals surface area contributed by atoms with Gasteiger partial charge >= 0.3 is 17.9 Å². The van der Waals surface area contributed by atoms with E-state index in [1.807, 2.05) is 20.6 Å². The van der Waals surface area contributed by atoms with E-state index in [9.17, 15) is 28.8 Å². The van der Waals surface area contributed by atoms with E-state index < -0.39 is 40.7 Å². The van der Waals surface area contributed by atoms with E-state index in [4.69, 9.17) is 24.5 Å². The molecule has 1 aliphatic rings. The SMILES string of the molecule is C=O.CC(CCC(=O)O)C(=O)O.CCOC.CCOC.COCCCCOC(=O)C1(C(=O)Nc2nc3ncc(CNc4ccc(C(C)=O)cc4)nc3c(=O)[nH]2)CCC1. The number of nitrogens with zero attached hydrogens (tertiary/aromatic N) is 3. The third-order valence-corrected chi connectivity index (χ3v) is 8.26. The fourth-order valence-corrected chi connectivity index (χ4v) is 4.51. The van der Waals surface area contributed by atoms with E-state index in [0.29, 0.717) is 37.1 Å². The Labute approximate surface area is 337 Å². The van der Waals surface area contributed by atoms with Crippen LogP contribution < -0.4 is 16.2 Å². The predicted octanol–water partition coefficient (Wildman–Crippen LogP) is 4.30. The monoisotopic (exact) mass is 818 g/mol. The fourth-order valence-electron chi connectivity index (χ4n) is 4.51. The van der Waals surface area contributed by atoms with Crippen LogP contribution in [-0.4, -0.2) is 114 Å². The number of H-pyrrole nitrogens is 1. The summed E-state index contributed by atoms with van der Waals surface area (Å²) in [5, 5.41) is 22.2. The van der Waals surface area contributed by atoms with Crippen molar-refractivity contribution in [3.05, 3.63) is 52.1 Å². The van der Waals surface area contributed by atoms with Crippen LogP contribution in [0.15, 0.2) is 35.3 Å². The zero-order valence-corrected chi connectivity index (χ0v) is 34.4. The zero-order chi connectivity index (χ0) is 44.1. The molecule has 0 aliphatic heterocycles. The van der Waals surface area contributed by atoms with Gasteiger partial charge in [-0.15, -0.1) is 0 Å². The maximum Gasteiger partial charge on any atom is 0.321 e. The minimum atomic E-state index is -1.29. The number of ether oxygens (including phenoxy) is 4. The Bertz CT molecular complexity index is 1760. The van der Waals surface area contributed by atoms with Crippen molar-refractivity contribution >= 4 is 59.2 Å². The molecule has 1 amide bonds. The first kappa shape index (κ1) is 52.3. The summed E-state index contributed by atoms with van der Waals surface area (Å²) in [6, 6.07) is 7.00. The summed E-state index contributed by atoms with van der Waals surface area (Å²) in [6.45, 7) is 11.6. The number of nitrogens with one attached hydrogen (secondary N) is 3. The Balaban J connectivity index is 0.00000135. The number of ketones is 1. The first-order valence-corrected chi connectivity index (χ1v) is 18.5. The lowest BCUT2D eigenvalue weighted by molar-refractivity contribution is -0.166. The molecule has 19 heteroatoms. The van der Waals surface area contributed by atoms with Gasteiger partial charge in [0.15, 0.2) is 16.9 Å². The van der Waals surface area contributed by atoms with Gasteiger partial charge in [-0.3, -0.25) is 39.1 Å². The van der Waals surface area contributed by atoms with Crippen LogP contribution in [0, 0.1) is 11.3 Å². The molecule has 19 nitrogen and oxygen atoms in total. The van der Waals surface area contributed by atoms with E-state index >= 15 is 0 Å². The lowest BCUT2D eigenvalue weighted by Crippen LogP contribution is -2.49. The number of hydrogen-bond acceptors (Lipinski definition) is 15. The summed E-state index contributed by atoms with van der Waals surface area (Å²) in [7, 11) is 4.96. The number of aromatic nitrogens is 4. The van der Waals surface area contributed by atoms with Gasteiger partial charge in [-0.05, 0) is 77.1 Å². The molecule has 1 aliphatic carbocycles. The number of hydrogen-bond donors (Lipinski definition) is 5. The van der Waals surface area contributed by atoms with E-state index in [1.165, 1.54) is 20.0 Å². The molecule has 2 aromatic heterocycles. The Kier molecular flexibility index (Phi) is 26.7. The van der Waals surface area contributed by atoms with Crippen LogP contribution >= 0.6 is 0 Å². The predicted molar refractivity (Wildman–Crippen MR) is 215 cm³/mol. The number of carboxylic acids is 2. The largest absolute Gasteiger partial charge is 0.481 e. The number of unbranched alkanes of at least 4 members (excludes halogenated alkanes) is 1. The molecule has 58 heavy (non-hydrogen) atoms. The van der Waals surface area contributed by atoms with Gasteiger partial charge < -0.3 is 39.3 Å². The number of aliphatic carboxylic acids is 2. The first-order chi connectivity index (χ1) is 27.7. The summed E-state index contributed by atoms with van der Waals surface area (Å²) in [5.41, 5.74) is 0.0938. The number of amides is 1. The molecule has 1 atom stereocenters. The van der Waals surface area contributed by atoms with Crippen LogP contribution in [0.25, 0.3) is 11.2 Å². The molecule has 1 saturated carbocycles. The molecule has 1 unspecified atom stereocenters. The van der Waals surface area contributed by atoms with Crippen LogP contribution in [0.3, 0.4) is 0 Å². The molecular weight excluding hydrogens is 760 g/mol. The van der Waals surface area contributed by atoms with Gasteiger partial charge in [-0.1, -0.05) is 13.3 Å². The molecule has 1 fully saturated rings. The van der Waals surface area contributed by atoms with Crippen molar-refractivity contribution in [2.24, 2.45) is 11.3 Å². The molecule has 4 rings (SSSR count). The van der Waals surface area contributed by atoms with Gasteiger partial charge in [0, 0.05) is 58.8 Å². The van der Waals surface area contributed by atoms with E-state index in [1.54, 1.807) is 45.6 Å². The number of methoxy groups -OCH3 is 3. The molecular formula is C39H58N6O13. The second kappa shape index (κ2) is 29.6. The molecule has 0 bridgehead atoms. The quantitative estimate of drug-likeness (QED) is 0.0518. The average molecular weight is 819 g/mol. The van der Waals surface area contributed by atoms with Gasteiger partial charge in [0.25, 0.3) is 5.56 Å². The second-order valence-electron chi connectivity index (χ2n) is 12.5. The van der Waals surface area contributed by atoms with E-state index in [-0.39, 0.29) is 48.9 Å². The molecule has 0 saturated heterocycles. The number of carboxylic acid groups (broad SMARTS) is 2. The van der Waals surface area contributed by atoms with Gasteiger partial charge in [0.1, 0.15) is 12.2 Å². The second-order valence-corrected chi connectivity index (χ2v) is 12.5. The number of esters is 1. The number of fused-ring (bicyclic) bond motifs is 1.